The zero-order chi connectivity index (χ0) is 16.7. The number of anilines is 1. The molecule has 0 saturated carbocycles. The lowest BCUT2D eigenvalue weighted by atomic mass is 10.3. The Hall–Kier alpha value is -2.89. The summed E-state index contributed by atoms with van der Waals surface area (Å²) in [5.41, 5.74) is 0.655. The van der Waals surface area contributed by atoms with Crippen molar-refractivity contribution in [2.45, 2.75) is 20.1 Å². The Morgan fingerprint density at radius 1 is 1.09 bits per heavy atom. The molecule has 122 valence electrons. The second-order valence-electron chi connectivity index (χ2n) is 4.81. The van der Waals surface area contributed by atoms with Gasteiger partial charge in [0.25, 0.3) is 0 Å². The number of phenols is 1. The molecular weight excluding hydrogens is 296 g/mol. The Kier molecular flexibility index (Phi) is 5.68. The molecule has 0 bridgehead atoms. The Morgan fingerprint density at radius 2 is 1.70 bits per heavy atom. The molecule has 23 heavy (non-hydrogen) atoms. The summed E-state index contributed by atoms with van der Waals surface area (Å²) in [6.07, 6.45) is -0.526. The first kappa shape index (κ1) is 16.5. The highest BCUT2D eigenvalue weighted by atomic mass is 16.5. The van der Waals surface area contributed by atoms with Gasteiger partial charge in [0.1, 0.15) is 17.2 Å². The van der Waals surface area contributed by atoms with Gasteiger partial charge in [-0.1, -0.05) is 0 Å². The first-order valence-electron chi connectivity index (χ1n) is 7.33. The van der Waals surface area contributed by atoms with Crippen molar-refractivity contribution < 1.29 is 19.4 Å². The summed E-state index contributed by atoms with van der Waals surface area (Å²) >= 11 is 0. The smallest absolute Gasteiger partial charge is 0.322 e. The van der Waals surface area contributed by atoms with E-state index >= 15 is 0 Å². The number of phenolic OH excluding ortho intramolecular Hbond substituents is 1. The molecule has 2 aromatic carbocycles. The molecule has 0 radical (unpaired) electrons. The third-order valence-corrected chi connectivity index (χ3v) is 2.91. The molecule has 0 spiro atoms. The molecule has 0 heterocycles. The first-order chi connectivity index (χ1) is 11.1. The van der Waals surface area contributed by atoms with Crippen molar-refractivity contribution in [3.8, 4) is 17.2 Å². The number of hydrogen-bond acceptors (Lipinski definition) is 4. The van der Waals surface area contributed by atoms with Gasteiger partial charge in [0.2, 0.25) is 0 Å². The molecule has 0 aromatic heterocycles. The summed E-state index contributed by atoms with van der Waals surface area (Å²) in [6.45, 7) is 4.22. The zero-order valence-electron chi connectivity index (χ0n) is 13.1. The van der Waals surface area contributed by atoms with Crippen LogP contribution in [-0.4, -0.2) is 24.0 Å². The highest BCUT2D eigenvalue weighted by molar-refractivity contribution is 5.89. The highest BCUT2D eigenvalue weighted by Gasteiger charge is 2.09. The van der Waals surface area contributed by atoms with Crippen molar-refractivity contribution in [1.29, 1.82) is 0 Å². The lowest BCUT2D eigenvalue weighted by Gasteiger charge is -2.17. The monoisotopic (exact) mass is 316 g/mol. The molecule has 6 heteroatoms. The number of amides is 2. The van der Waals surface area contributed by atoms with E-state index in [1.807, 2.05) is 6.92 Å². The van der Waals surface area contributed by atoms with Gasteiger partial charge in [-0.25, -0.2) is 4.79 Å². The molecule has 0 aliphatic heterocycles. The van der Waals surface area contributed by atoms with Crippen LogP contribution in [0, 0.1) is 0 Å². The summed E-state index contributed by atoms with van der Waals surface area (Å²) in [4.78, 5) is 11.9. The molecular formula is C17H20N2O4. The highest BCUT2D eigenvalue weighted by Crippen LogP contribution is 2.17. The van der Waals surface area contributed by atoms with Crippen molar-refractivity contribution >= 4 is 11.7 Å². The van der Waals surface area contributed by atoms with Crippen molar-refractivity contribution in [3.63, 3.8) is 0 Å². The van der Waals surface area contributed by atoms with Gasteiger partial charge in [-0.2, -0.15) is 0 Å². The average molecular weight is 316 g/mol. The summed E-state index contributed by atoms with van der Waals surface area (Å²) in [5, 5.41) is 14.6. The fraction of sp³-hybridized carbons (Fsp3) is 0.235. The lowest BCUT2D eigenvalue weighted by molar-refractivity contribution is 0.183. The number of nitrogens with one attached hydrogen (secondary N) is 2. The van der Waals surface area contributed by atoms with Gasteiger partial charge in [0.15, 0.2) is 6.23 Å². The van der Waals surface area contributed by atoms with Crippen LogP contribution in [0.5, 0.6) is 17.2 Å². The van der Waals surface area contributed by atoms with Crippen LogP contribution in [0.4, 0.5) is 10.5 Å². The van der Waals surface area contributed by atoms with Gasteiger partial charge in [-0.05, 0) is 62.4 Å². The van der Waals surface area contributed by atoms with Gasteiger partial charge < -0.3 is 25.2 Å². The van der Waals surface area contributed by atoms with Gasteiger partial charge in [-0.3, -0.25) is 0 Å². The molecule has 3 N–H and O–H groups in total. The van der Waals surface area contributed by atoms with Crippen LogP contribution in [0.2, 0.25) is 0 Å². The summed E-state index contributed by atoms with van der Waals surface area (Å²) in [5.74, 6) is 1.46. The van der Waals surface area contributed by atoms with Crippen LogP contribution < -0.4 is 20.1 Å². The summed E-state index contributed by atoms with van der Waals surface area (Å²) in [6, 6.07) is 13.0. The average Bonchev–Trinajstić information content (AvgIpc) is 2.51. The predicted molar refractivity (Wildman–Crippen MR) is 88.0 cm³/mol. The van der Waals surface area contributed by atoms with Gasteiger partial charge in [-0.15, -0.1) is 0 Å². The van der Waals surface area contributed by atoms with Crippen molar-refractivity contribution in [2.24, 2.45) is 0 Å². The fourth-order valence-electron chi connectivity index (χ4n) is 1.91. The largest absolute Gasteiger partial charge is 0.508 e. The van der Waals surface area contributed by atoms with E-state index in [0.29, 0.717) is 18.0 Å². The second-order valence-corrected chi connectivity index (χ2v) is 4.81. The number of ether oxygens (including phenoxy) is 2. The fourth-order valence-corrected chi connectivity index (χ4v) is 1.91. The number of hydrogen-bond donors (Lipinski definition) is 3. The van der Waals surface area contributed by atoms with E-state index in [-0.39, 0.29) is 11.8 Å². The van der Waals surface area contributed by atoms with E-state index in [1.165, 1.54) is 12.1 Å². The van der Waals surface area contributed by atoms with E-state index in [4.69, 9.17) is 9.47 Å². The molecule has 0 aliphatic carbocycles. The van der Waals surface area contributed by atoms with Crippen molar-refractivity contribution in [1.82, 2.24) is 5.32 Å². The van der Waals surface area contributed by atoms with Crippen LogP contribution in [0.1, 0.15) is 13.8 Å². The normalized spacial score (nSPS) is 11.4. The molecule has 2 aromatic rings. The standard InChI is InChI=1S/C17H20N2O4/c1-3-22-15-8-4-13(5-9-15)19-17(21)18-12(2)23-16-10-6-14(20)7-11-16/h4-12,20H,3H2,1-2H3,(H2,18,19,21). The van der Waals surface area contributed by atoms with Crippen LogP contribution in [0.25, 0.3) is 0 Å². The van der Waals surface area contributed by atoms with E-state index in [1.54, 1.807) is 43.3 Å². The Bertz CT molecular complexity index is 626. The maximum atomic E-state index is 11.9. The molecule has 1 unspecified atom stereocenters. The minimum atomic E-state index is -0.526. The maximum absolute atomic E-state index is 11.9. The minimum Gasteiger partial charge on any atom is -0.508 e. The van der Waals surface area contributed by atoms with Crippen LogP contribution in [0.3, 0.4) is 0 Å². The number of rotatable bonds is 6. The number of carbonyl (C=O) groups excluding carboxylic acids is 1. The number of aromatic hydroxyl groups is 1. The Balaban J connectivity index is 1.82. The number of benzene rings is 2. The third-order valence-electron chi connectivity index (χ3n) is 2.91. The topological polar surface area (TPSA) is 79.8 Å². The minimum absolute atomic E-state index is 0.159. The van der Waals surface area contributed by atoms with E-state index in [0.717, 1.165) is 5.75 Å². The number of carbonyl (C=O) groups is 1. The molecule has 2 rings (SSSR count). The Labute approximate surface area is 135 Å². The molecule has 6 nitrogen and oxygen atoms in total. The number of urea groups is 1. The molecule has 2 amide bonds. The summed E-state index contributed by atoms with van der Waals surface area (Å²) in [7, 11) is 0. The van der Waals surface area contributed by atoms with Crippen LogP contribution in [-0.2, 0) is 0 Å². The molecule has 0 fully saturated rings. The van der Waals surface area contributed by atoms with Crippen molar-refractivity contribution in [3.05, 3.63) is 48.5 Å². The van der Waals surface area contributed by atoms with Gasteiger partial charge >= 0.3 is 6.03 Å². The third kappa shape index (κ3) is 5.43. The quantitative estimate of drug-likeness (QED) is 0.714. The van der Waals surface area contributed by atoms with Crippen LogP contribution >= 0.6 is 0 Å². The zero-order valence-corrected chi connectivity index (χ0v) is 13.1. The predicted octanol–water partition coefficient (Wildman–Crippen LogP) is 3.34. The molecule has 0 saturated heterocycles. The van der Waals surface area contributed by atoms with E-state index < -0.39 is 6.23 Å². The molecule has 0 aliphatic rings. The van der Waals surface area contributed by atoms with E-state index in [2.05, 4.69) is 10.6 Å². The SMILES string of the molecule is CCOc1ccc(NC(=O)NC(C)Oc2ccc(O)cc2)cc1. The molecule has 1 atom stereocenters. The second kappa shape index (κ2) is 7.93. The maximum Gasteiger partial charge on any atom is 0.322 e. The van der Waals surface area contributed by atoms with Crippen LogP contribution in [0.15, 0.2) is 48.5 Å². The Morgan fingerprint density at radius 3 is 2.30 bits per heavy atom. The van der Waals surface area contributed by atoms with E-state index in [9.17, 15) is 9.90 Å². The van der Waals surface area contributed by atoms with Crippen molar-refractivity contribution in [2.75, 3.05) is 11.9 Å². The lowest BCUT2D eigenvalue weighted by Crippen LogP contribution is -2.39. The summed E-state index contributed by atoms with van der Waals surface area (Å²) < 4.78 is 10.9. The van der Waals surface area contributed by atoms with Gasteiger partial charge in [0.05, 0.1) is 6.61 Å². The van der Waals surface area contributed by atoms with Gasteiger partial charge in [0, 0.05) is 5.69 Å². The first-order valence-corrected chi connectivity index (χ1v) is 7.33.